The third-order valence-corrected chi connectivity index (χ3v) is 4.49. The van der Waals surface area contributed by atoms with E-state index in [0.29, 0.717) is 0 Å². The highest BCUT2D eigenvalue weighted by Crippen LogP contribution is 2.08. The summed E-state index contributed by atoms with van der Waals surface area (Å²) in [6.45, 7) is 2.36. The fourth-order valence-electron chi connectivity index (χ4n) is 2.42. The average molecular weight is 339 g/mol. The molecule has 0 aliphatic carbocycles. The summed E-state index contributed by atoms with van der Waals surface area (Å²) in [5, 5.41) is 8.77. The Labute approximate surface area is 146 Å². The number of thiophene rings is 1. The second-order valence-electron chi connectivity index (χ2n) is 5.41. The minimum absolute atomic E-state index is 0.738. The Morgan fingerprint density at radius 2 is 2.04 bits per heavy atom. The highest BCUT2D eigenvalue weighted by atomic mass is 32.1. The van der Waals surface area contributed by atoms with Crippen molar-refractivity contribution in [2.45, 2.75) is 19.6 Å². The van der Waals surface area contributed by atoms with Gasteiger partial charge in [-0.2, -0.15) is 0 Å². The molecule has 3 rings (SSSR count). The second kappa shape index (κ2) is 8.31. The molecule has 0 bridgehead atoms. The first-order chi connectivity index (χ1) is 11.8. The van der Waals surface area contributed by atoms with Crippen LogP contribution in [0.2, 0.25) is 0 Å². The van der Waals surface area contributed by atoms with Crippen LogP contribution in [0, 0.1) is 0 Å². The lowest BCUT2D eigenvalue weighted by molar-refractivity contribution is 0.788. The topological polar surface area (TPSA) is 54.2 Å². The van der Waals surface area contributed by atoms with E-state index in [9.17, 15) is 0 Å². The van der Waals surface area contributed by atoms with Crippen molar-refractivity contribution in [3.8, 4) is 0 Å². The van der Waals surface area contributed by atoms with Crippen LogP contribution in [0.15, 0.2) is 65.5 Å². The van der Waals surface area contributed by atoms with Gasteiger partial charge in [0.05, 0.1) is 12.9 Å². The van der Waals surface area contributed by atoms with E-state index in [-0.39, 0.29) is 0 Å². The molecular weight excluding hydrogens is 318 g/mol. The van der Waals surface area contributed by atoms with Gasteiger partial charge in [0.25, 0.3) is 0 Å². The van der Waals surface area contributed by atoms with Crippen LogP contribution in [0.1, 0.15) is 16.0 Å². The number of nitrogens with zero attached hydrogens (tertiary/aromatic N) is 3. The normalized spacial score (nSPS) is 11.5. The van der Waals surface area contributed by atoms with Crippen molar-refractivity contribution in [3.63, 3.8) is 0 Å². The molecule has 0 atom stereocenters. The van der Waals surface area contributed by atoms with Gasteiger partial charge in [0.15, 0.2) is 5.96 Å². The van der Waals surface area contributed by atoms with Crippen molar-refractivity contribution in [2.24, 2.45) is 4.99 Å². The van der Waals surface area contributed by atoms with Crippen molar-refractivity contribution >= 4 is 17.3 Å². The van der Waals surface area contributed by atoms with Gasteiger partial charge in [-0.05, 0) is 22.6 Å². The molecule has 5 nitrogen and oxygen atoms in total. The third kappa shape index (κ3) is 4.70. The standard InChI is InChI=1S/C18H21N5S/c1-19-18(22-12-17-6-3-9-24-17)21-11-15-4-2-5-16(10-15)13-23-8-7-20-14-23/h2-10,14H,11-13H2,1H3,(H2,19,21,22). The molecule has 3 aromatic rings. The highest BCUT2D eigenvalue weighted by Gasteiger charge is 2.01. The monoisotopic (exact) mass is 339 g/mol. The molecule has 0 unspecified atom stereocenters. The van der Waals surface area contributed by atoms with Gasteiger partial charge < -0.3 is 15.2 Å². The van der Waals surface area contributed by atoms with E-state index in [1.807, 2.05) is 12.5 Å². The number of aromatic nitrogens is 2. The van der Waals surface area contributed by atoms with Crippen LogP contribution in [-0.2, 0) is 19.6 Å². The molecule has 2 aromatic heterocycles. The van der Waals surface area contributed by atoms with E-state index in [1.54, 1.807) is 24.6 Å². The molecule has 0 spiro atoms. The van der Waals surface area contributed by atoms with Gasteiger partial charge >= 0.3 is 0 Å². The number of benzene rings is 1. The van der Waals surface area contributed by atoms with E-state index in [4.69, 9.17) is 0 Å². The lowest BCUT2D eigenvalue weighted by Gasteiger charge is -2.12. The van der Waals surface area contributed by atoms with Crippen molar-refractivity contribution in [1.82, 2.24) is 20.2 Å². The maximum absolute atomic E-state index is 4.27. The summed E-state index contributed by atoms with van der Waals surface area (Å²) in [4.78, 5) is 9.64. The molecule has 0 aliphatic heterocycles. The first kappa shape index (κ1) is 16.3. The van der Waals surface area contributed by atoms with Gasteiger partial charge in [-0.15, -0.1) is 11.3 Å². The molecule has 0 fully saturated rings. The molecule has 24 heavy (non-hydrogen) atoms. The Balaban J connectivity index is 1.53. The zero-order valence-corrected chi connectivity index (χ0v) is 14.5. The Bertz CT molecular complexity index is 763. The van der Waals surface area contributed by atoms with Crippen LogP contribution in [-0.4, -0.2) is 22.6 Å². The van der Waals surface area contributed by atoms with Crippen molar-refractivity contribution in [1.29, 1.82) is 0 Å². The average Bonchev–Trinajstić information content (AvgIpc) is 3.29. The van der Waals surface area contributed by atoms with Crippen molar-refractivity contribution in [3.05, 3.63) is 76.5 Å². The minimum Gasteiger partial charge on any atom is -0.352 e. The lowest BCUT2D eigenvalue weighted by Crippen LogP contribution is -2.36. The summed E-state index contributed by atoms with van der Waals surface area (Å²) in [6.07, 6.45) is 5.61. The summed E-state index contributed by atoms with van der Waals surface area (Å²) in [5.74, 6) is 0.809. The first-order valence-electron chi connectivity index (χ1n) is 7.84. The van der Waals surface area contributed by atoms with Crippen LogP contribution >= 0.6 is 11.3 Å². The minimum atomic E-state index is 0.738. The smallest absolute Gasteiger partial charge is 0.191 e. The molecule has 2 N–H and O–H groups in total. The Morgan fingerprint density at radius 1 is 1.17 bits per heavy atom. The predicted octanol–water partition coefficient (Wildman–Crippen LogP) is 2.86. The summed E-state index contributed by atoms with van der Waals surface area (Å²) in [6, 6.07) is 12.7. The number of guanidine groups is 1. The first-order valence-corrected chi connectivity index (χ1v) is 8.72. The molecule has 0 radical (unpaired) electrons. The Hall–Kier alpha value is -2.60. The van der Waals surface area contributed by atoms with Gasteiger partial charge in [0.2, 0.25) is 0 Å². The molecule has 0 aliphatic rings. The lowest BCUT2D eigenvalue weighted by atomic mass is 10.1. The molecule has 0 saturated carbocycles. The van der Waals surface area contributed by atoms with Gasteiger partial charge in [-0.3, -0.25) is 4.99 Å². The van der Waals surface area contributed by atoms with Crippen LogP contribution in [0.5, 0.6) is 0 Å². The SMILES string of the molecule is CN=C(NCc1cccc(Cn2ccnc2)c1)NCc1cccs1. The van der Waals surface area contributed by atoms with Gasteiger partial charge in [0.1, 0.15) is 0 Å². The van der Waals surface area contributed by atoms with Crippen molar-refractivity contribution in [2.75, 3.05) is 7.05 Å². The molecule has 6 heteroatoms. The van der Waals surface area contributed by atoms with E-state index >= 15 is 0 Å². The van der Waals surface area contributed by atoms with Gasteiger partial charge in [-0.1, -0.05) is 30.3 Å². The number of hydrogen-bond acceptors (Lipinski definition) is 3. The quantitative estimate of drug-likeness (QED) is 0.536. The zero-order chi connectivity index (χ0) is 16.6. The second-order valence-corrected chi connectivity index (χ2v) is 6.45. The maximum Gasteiger partial charge on any atom is 0.191 e. The predicted molar refractivity (Wildman–Crippen MR) is 99.1 cm³/mol. The van der Waals surface area contributed by atoms with E-state index in [0.717, 1.165) is 25.6 Å². The Morgan fingerprint density at radius 3 is 2.79 bits per heavy atom. The molecule has 124 valence electrons. The fraction of sp³-hybridized carbons (Fsp3) is 0.222. The fourth-order valence-corrected chi connectivity index (χ4v) is 3.06. The number of rotatable bonds is 6. The number of nitrogens with one attached hydrogen (secondary N) is 2. The maximum atomic E-state index is 4.27. The Kier molecular flexibility index (Phi) is 5.63. The third-order valence-electron chi connectivity index (χ3n) is 3.61. The summed E-state index contributed by atoms with van der Waals surface area (Å²) in [5.41, 5.74) is 2.49. The molecule has 0 amide bonds. The van der Waals surface area contributed by atoms with Crippen LogP contribution in [0.4, 0.5) is 0 Å². The molecule has 1 aromatic carbocycles. The van der Waals surface area contributed by atoms with Crippen molar-refractivity contribution < 1.29 is 0 Å². The van der Waals surface area contributed by atoms with Crippen LogP contribution < -0.4 is 10.6 Å². The summed E-state index contributed by atoms with van der Waals surface area (Å²) in [7, 11) is 1.79. The molecule has 0 saturated heterocycles. The van der Waals surface area contributed by atoms with Gasteiger partial charge in [-0.25, -0.2) is 4.98 Å². The number of hydrogen-bond donors (Lipinski definition) is 2. The van der Waals surface area contributed by atoms with E-state index in [1.165, 1.54) is 16.0 Å². The van der Waals surface area contributed by atoms with Crippen LogP contribution in [0.25, 0.3) is 0 Å². The highest BCUT2D eigenvalue weighted by molar-refractivity contribution is 7.09. The molecular formula is C18H21N5S. The van der Waals surface area contributed by atoms with Gasteiger partial charge in [0, 0.05) is 37.4 Å². The summed E-state index contributed by atoms with van der Waals surface area (Å²) >= 11 is 1.74. The van der Waals surface area contributed by atoms with Crippen LogP contribution in [0.3, 0.4) is 0 Å². The van der Waals surface area contributed by atoms with E-state index in [2.05, 4.69) is 67.0 Å². The largest absolute Gasteiger partial charge is 0.352 e. The molecule has 2 heterocycles. The number of imidazole rings is 1. The van der Waals surface area contributed by atoms with E-state index < -0.39 is 0 Å². The summed E-state index contributed by atoms with van der Waals surface area (Å²) < 4.78 is 2.06. The number of aliphatic imine (C=N–C) groups is 1. The zero-order valence-electron chi connectivity index (χ0n) is 13.6.